The first-order valence-electron chi connectivity index (χ1n) is 9.46. The van der Waals surface area contributed by atoms with E-state index in [0.29, 0.717) is 48.7 Å². The highest BCUT2D eigenvalue weighted by Gasteiger charge is 2.27. The fourth-order valence-corrected chi connectivity index (χ4v) is 3.47. The molecule has 0 aromatic heterocycles. The van der Waals surface area contributed by atoms with Gasteiger partial charge in [-0.25, -0.2) is 0 Å². The molecule has 160 valence electrons. The fourth-order valence-electron chi connectivity index (χ4n) is 3.47. The molecule has 2 N–H and O–H groups in total. The molecule has 2 rings (SSSR count). The standard InChI is InChI=1S/C23H32O6/c1-23(2,19-7-15(11-26-3)21(24)16(8-19)12-27-4)20-9-17(13-28-5)22(25)18(10-20)14-29-6/h7-10,24-25H,11-14H2,1-6H3. The van der Waals surface area contributed by atoms with Crippen molar-refractivity contribution < 1.29 is 29.2 Å². The number of phenols is 2. The average molecular weight is 405 g/mol. The van der Waals surface area contributed by atoms with Gasteiger partial charge in [-0.15, -0.1) is 0 Å². The van der Waals surface area contributed by atoms with E-state index in [1.807, 2.05) is 24.3 Å². The Morgan fingerprint density at radius 1 is 0.586 bits per heavy atom. The van der Waals surface area contributed by atoms with Crippen LogP contribution in [0.25, 0.3) is 0 Å². The van der Waals surface area contributed by atoms with Gasteiger partial charge in [0, 0.05) is 56.1 Å². The van der Waals surface area contributed by atoms with Crippen molar-refractivity contribution in [3.63, 3.8) is 0 Å². The van der Waals surface area contributed by atoms with Crippen LogP contribution in [0.5, 0.6) is 11.5 Å². The molecule has 2 aromatic carbocycles. The predicted molar refractivity (Wildman–Crippen MR) is 111 cm³/mol. The van der Waals surface area contributed by atoms with E-state index in [-0.39, 0.29) is 11.5 Å². The van der Waals surface area contributed by atoms with E-state index in [0.717, 1.165) is 11.1 Å². The minimum Gasteiger partial charge on any atom is -0.507 e. The lowest BCUT2D eigenvalue weighted by Crippen LogP contribution is -2.21. The summed E-state index contributed by atoms with van der Waals surface area (Å²) in [5, 5.41) is 21.1. The minimum absolute atomic E-state index is 0.194. The quantitative estimate of drug-likeness (QED) is 0.623. The van der Waals surface area contributed by atoms with E-state index in [9.17, 15) is 10.2 Å². The number of hydrogen-bond acceptors (Lipinski definition) is 6. The molecule has 0 saturated carbocycles. The molecule has 0 radical (unpaired) electrons. The van der Waals surface area contributed by atoms with Gasteiger partial charge in [0.1, 0.15) is 11.5 Å². The van der Waals surface area contributed by atoms with Gasteiger partial charge >= 0.3 is 0 Å². The Morgan fingerprint density at radius 3 is 1.03 bits per heavy atom. The molecule has 0 spiro atoms. The van der Waals surface area contributed by atoms with E-state index in [1.165, 1.54) is 0 Å². The highest BCUT2D eigenvalue weighted by molar-refractivity contribution is 5.52. The second-order valence-electron chi connectivity index (χ2n) is 7.64. The predicted octanol–water partition coefficient (Wildman–Crippen LogP) is 4.01. The largest absolute Gasteiger partial charge is 0.507 e. The summed E-state index contributed by atoms with van der Waals surface area (Å²) in [4.78, 5) is 0. The number of hydrogen-bond donors (Lipinski definition) is 2. The van der Waals surface area contributed by atoms with Crippen LogP contribution in [0.3, 0.4) is 0 Å². The van der Waals surface area contributed by atoms with Crippen molar-refractivity contribution in [2.24, 2.45) is 0 Å². The molecule has 0 fully saturated rings. The highest BCUT2D eigenvalue weighted by Crippen LogP contribution is 2.39. The van der Waals surface area contributed by atoms with Crippen molar-refractivity contribution in [2.45, 2.75) is 45.7 Å². The van der Waals surface area contributed by atoms with Crippen molar-refractivity contribution in [3.8, 4) is 11.5 Å². The van der Waals surface area contributed by atoms with Gasteiger partial charge < -0.3 is 29.2 Å². The maximum Gasteiger partial charge on any atom is 0.126 e. The summed E-state index contributed by atoms with van der Waals surface area (Å²) >= 11 is 0. The summed E-state index contributed by atoms with van der Waals surface area (Å²) in [7, 11) is 6.39. The fraction of sp³-hybridized carbons (Fsp3) is 0.478. The molecule has 29 heavy (non-hydrogen) atoms. The molecule has 6 nitrogen and oxygen atoms in total. The summed E-state index contributed by atoms with van der Waals surface area (Å²) in [5.41, 5.74) is 4.42. The molecule has 2 aromatic rings. The maximum atomic E-state index is 10.6. The monoisotopic (exact) mass is 404 g/mol. The molecule has 0 heterocycles. The summed E-state index contributed by atoms with van der Waals surface area (Å²) < 4.78 is 21.1. The Labute approximate surface area is 173 Å². The van der Waals surface area contributed by atoms with Gasteiger partial charge in [0.2, 0.25) is 0 Å². The second-order valence-corrected chi connectivity index (χ2v) is 7.64. The molecule has 0 aliphatic rings. The van der Waals surface area contributed by atoms with Gasteiger partial charge in [-0.05, 0) is 35.4 Å². The number of rotatable bonds is 10. The van der Waals surface area contributed by atoms with Crippen molar-refractivity contribution in [2.75, 3.05) is 28.4 Å². The Kier molecular flexibility index (Phi) is 8.05. The molecule has 6 heteroatoms. The van der Waals surface area contributed by atoms with Crippen LogP contribution in [0.15, 0.2) is 24.3 Å². The third-order valence-corrected chi connectivity index (χ3v) is 5.18. The van der Waals surface area contributed by atoms with E-state index in [1.54, 1.807) is 28.4 Å². The Bertz CT molecular complexity index is 707. The Balaban J connectivity index is 2.64. The molecule has 0 bridgehead atoms. The normalized spacial score (nSPS) is 11.8. The zero-order valence-electron chi connectivity index (χ0n) is 18.2. The molecule has 0 saturated heterocycles. The molecular weight excluding hydrogens is 372 g/mol. The van der Waals surface area contributed by atoms with Crippen LogP contribution in [0.1, 0.15) is 47.2 Å². The van der Waals surface area contributed by atoms with E-state index in [2.05, 4.69) is 13.8 Å². The Hall–Kier alpha value is -2.12. The van der Waals surface area contributed by atoms with Crippen LogP contribution in [-0.4, -0.2) is 38.7 Å². The molecule has 0 amide bonds. The Morgan fingerprint density at radius 2 is 0.828 bits per heavy atom. The van der Waals surface area contributed by atoms with Crippen LogP contribution < -0.4 is 0 Å². The number of aromatic hydroxyl groups is 2. The highest BCUT2D eigenvalue weighted by atomic mass is 16.5. The topological polar surface area (TPSA) is 77.4 Å². The smallest absolute Gasteiger partial charge is 0.126 e. The summed E-state index contributed by atoms with van der Waals surface area (Å²) in [6, 6.07) is 7.82. The zero-order chi connectivity index (χ0) is 21.6. The lowest BCUT2D eigenvalue weighted by atomic mass is 9.76. The van der Waals surface area contributed by atoms with Crippen molar-refractivity contribution in [3.05, 3.63) is 57.6 Å². The van der Waals surface area contributed by atoms with Gasteiger partial charge in [0.05, 0.1) is 26.4 Å². The van der Waals surface area contributed by atoms with Gasteiger partial charge in [-0.2, -0.15) is 0 Å². The van der Waals surface area contributed by atoms with E-state index >= 15 is 0 Å². The lowest BCUT2D eigenvalue weighted by molar-refractivity contribution is 0.174. The van der Waals surface area contributed by atoms with Crippen LogP contribution in [0, 0.1) is 0 Å². The molecule has 0 aliphatic carbocycles. The number of methoxy groups -OCH3 is 4. The number of ether oxygens (including phenoxy) is 4. The molecule has 0 atom stereocenters. The maximum absolute atomic E-state index is 10.6. The van der Waals surface area contributed by atoms with Crippen molar-refractivity contribution in [1.29, 1.82) is 0 Å². The molecule has 0 aliphatic heterocycles. The first-order valence-corrected chi connectivity index (χ1v) is 9.46. The van der Waals surface area contributed by atoms with Crippen LogP contribution in [0.2, 0.25) is 0 Å². The third kappa shape index (κ3) is 5.08. The summed E-state index contributed by atoms with van der Waals surface area (Å²) in [5.74, 6) is 0.387. The molecular formula is C23H32O6. The summed E-state index contributed by atoms with van der Waals surface area (Å²) in [6.07, 6.45) is 0. The first-order chi connectivity index (χ1) is 13.8. The van der Waals surface area contributed by atoms with Crippen LogP contribution in [-0.2, 0) is 50.8 Å². The van der Waals surface area contributed by atoms with Gasteiger partial charge in [0.15, 0.2) is 0 Å². The number of phenolic OH excluding ortho intramolecular Hbond substituents is 2. The third-order valence-electron chi connectivity index (χ3n) is 5.18. The average Bonchev–Trinajstić information content (AvgIpc) is 2.68. The second kappa shape index (κ2) is 10.1. The van der Waals surface area contributed by atoms with Crippen LogP contribution >= 0.6 is 0 Å². The van der Waals surface area contributed by atoms with E-state index < -0.39 is 5.41 Å². The number of benzene rings is 2. The van der Waals surface area contributed by atoms with Crippen molar-refractivity contribution in [1.82, 2.24) is 0 Å². The minimum atomic E-state index is -0.419. The van der Waals surface area contributed by atoms with Gasteiger partial charge in [-0.1, -0.05) is 13.8 Å². The SMILES string of the molecule is COCc1cc(C(C)(C)c2cc(COC)c(O)c(COC)c2)cc(COC)c1O. The van der Waals surface area contributed by atoms with Gasteiger partial charge in [0.25, 0.3) is 0 Å². The van der Waals surface area contributed by atoms with Crippen LogP contribution in [0.4, 0.5) is 0 Å². The first kappa shape index (κ1) is 23.2. The van der Waals surface area contributed by atoms with Gasteiger partial charge in [-0.3, -0.25) is 0 Å². The molecule has 0 unspecified atom stereocenters. The summed E-state index contributed by atoms with van der Waals surface area (Å²) in [6.45, 7) is 5.40. The zero-order valence-corrected chi connectivity index (χ0v) is 18.2. The van der Waals surface area contributed by atoms with E-state index in [4.69, 9.17) is 18.9 Å². The lowest BCUT2D eigenvalue weighted by Gasteiger charge is -2.29. The van der Waals surface area contributed by atoms with Crippen molar-refractivity contribution >= 4 is 0 Å².